The number of esters is 1. The molecule has 0 saturated carbocycles. The van der Waals surface area contributed by atoms with Gasteiger partial charge in [0.1, 0.15) is 24.4 Å². The van der Waals surface area contributed by atoms with Gasteiger partial charge in [0.15, 0.2) is 41.3 Å². The topological polar surface area (TPSA) is 183 Å². The zero-order valence-electron chi connectivity index (χ0n) is 21.2. The quantitative estimate of drug-likeness (QED) is 0.262. The van der Waals surface area contributed by atoms with Crippen molar-refractivity contribution in [1.82, 2.24) is 0 Å². The Balaban J connectivity index is 1.31. The smallest absolute Gasteiger partial charge is 0.310 e. The van der Waals surface area contributed by atoms with Crippen molar-refractivity contribution in [1.29, 1.82) is 0 Å². The highest BCUT2D eigenvalue weighted by atomic mass is 16.8. The average molecular weight is 561 g/mol. The lowest BCUT2D eigenvalue weighted by molar-refractivity contribution is -0.364. The summed E-state index contributed by atoms with van der Waals surface area (Å²) in [7, 11) is 0. The summed E-state index contributed by atoms with van der Waals surface area (Å²) in [5, 5.41) is 52.3. The Morgan fingerprint density at radius 1 is 0.875 bits per heavy atom. The number of aromatic hydroxyl groups is 3. The Hall–Kier alpha value is -3.33. The summed E-state index contributed by atoms with van der Waals surface area (Å²) in [5.74, 6) is -3.57. The molecule has 13 nitrogen and oxygen atoms in total. The van der Waals surface area contributed by atoms with Gasteiger partial charge in [-0.1, -0.05) is 0 Å². The van der Waals surface area contributed by atoms with E-state index < -0.39 is 84.1 Å². The van der Waals surface area contributed by atoms with Crippen LogP contribution in [0.2, 0.25) is 0 Å². The molecule has 4 aliphatic heterocycles. The van der Waals surface area contributed by atoms with Gasteiger partial charge in [0, 0.05) is 11.8 Å². The summed E-state index contributed by atoms with van der Waals surface area (Å²) in [6.07, 6.45) is -7.02. The van der Waals surface area contributed by atoms with E-state index in [0.717, 1.165) is 0 Å². The van der Waals surface area contributed by atoms with E-state index in [0.29, 0.717) is 28.2 Å². The molecule has 1 aliphatic carbocycles. The first kappa shape index (κ1) is 25.6. The third-order valence-electron chi connectivity index (χ3n) is 8.34. The van der Waals surface area contributed by atoms with Crippen LogP contribution in [0.5, 0.6) is 28.7 Å². The molecule has 5 aliphatic rings. The molecule has 214 valence electrons. The third-order valence-corrected chi connectivity index (χ3v) is 8.34. The lowest BCUT2D eigenvalue weighted by Crippen LogP contribution is -2.63. The highest BCUT2D eigenvalue weighted by Crippen LogP contribution is 2.56. The van der Waals surface area contributed by atoms with Crippen molar-refractivity contribution < 1.29 is 63.5 Å². The molecule has 2 aromatic carbocycles. The molecule has 2 aromatic rings. The maximum atomic E-state index is 13.2. The lowest BCUT2D eigenvalue weighted by Gasteiger charge is -2.47. The maximum Gasteiger partial charge on any atom is 0.310 e. The summed E-state index contributed by atoms with van der Waals surface area (Å²) < 4.78 is 40.2. The zero-order chi connectivity index (χ0) is 27.9. The van der Waals surface area contributed by atoms with E-state index in [2.05, 4.69) is 0 Å². The molecule has 13 heteroatoms. The van der Waals surface area contributed by atoms with Crippen molar-refractivity contribution in [3.63, 3.8) is 0 Å². The molecule has 0 unspecified atom stereocenters. The molecule has 40 heavy (non-hydrogen) atoms. The summed E-state index contributed by atoms with van der Waals surface area (Å²) in [6.45, 7) is 1.78. The minimum absolute atomic E-state index is 0.0117. The van der Waals surface area contributed by atoms with Gasteiger partial charge in [-0.3, -0.25) is 4.79 Å². The van der Waals surface area contributed by atoms with Crippen molar-refractivity contribution in [2.24, 2.45) is 11.8 Å². The summed E-state index contributed by atoms with van der Waals surface area (Å²) in [6, 6.07) is 5.99. The predicted molar refractivity (Wildman–Crippen MR) is 129 cm³/mol. The molecular formula is C27H28O13. The second kappa shape index (κ2) is 9.36. The first-order valence-corrected chi connectivity index (χ1v) is 13.0. The third kappa shape index (κ3) is 3.88. The normalized spacial score (nSPS) is 37.8. The number of carbonyl (C=O) groups excluding carboxylic acids is 1. The number of benzene rings is 2. The van der Waals surface area contributed by atoms with Crippen molar-refractivity contribution in [2.75, 3.05) is 20.0 Å². The van der Waals surface area contributed by atoms with Gasteiger partial charge in [-0.05, 0) is 47.9 Å². The Labute approximate surface area is 227 Å². The average Bonchev–Trinajstić information content (AvgIpc) is 3.55. The zero-order valence-corrected chi connectivity index (χ0v) is 21.2. The Morgan fingerprint density at radius 2 is 1.57 bits per heavy atom. The molecule has 5 N–H and O–H groups in total. The van der Waals surface area contributed by atoms with Gasteiger partial charge < -0.3 is 58.7 Å². The number of hydrogen-bond donors (Lipinski definition) is 5. The summed E-state index contributed by atoms with van der Waals surface area (Å²) >= 11 is 0. The molecule has 0 radical (unpaired) electrons. The number of phenolic OH excluding ortho intramolecular Hbond substituents is 3. The van der Waals surface area contributed by atoms with Crippen LogP contribution in [-0.4, -0.2) is 88.5 Å². The first-order valence-electron chi connectivity index (χ1n) is 13.0. The molecule has 0 bridgehead atoms. The number of carbonyl (C=O) groups is 1. The predicted octanol–water partition coefficient (Wildman–Crippen LogP) is 0.733. The van der Waals surface area contributed by atoms with Crippen LogP contribution < -0.4 is 9.47 Å². The van der Waals surface area contributed by atoms with Gasteiger partial charge in [-0.2, -0.15) is 0 Å². The number of hydrogen-bond acceptors (Lipinski definition) is 13. The second-order valence-corrected chi connectivity index (χ2v) is 10.6. The minimum Gasteiger partial charge on any atom is -0.504 e. The first-order chi connectivity index (χ1) is 19.2. The fourth-order valence-electron chi connectivity index (χ4n) is 6.45. The number of phenols is 3. The number of ether oxygens (including phenoxy) is 7. The molecule has 3 saturated heterocycles. The van der Waals surface area contributed by atoms with E-state index in [1.54, 1.807) is 19.1 Å². The maximum absolute atomic E-state index is 13.2. The van der Waals surface area contributed by atoms with Crippen molar-refractivity contribution in [3.05, 3.63) is 41.0 Å². The van der Waals surface area contributed by atoms with Gasteiger partial charge in [-0.15, -0.1) is 0 Å². The van der Waals surface area contributed by atoms with Crippen molar-refractivity contribution in [3.8, 4) is 28.7 Å². The number of aliphatic hydroxyl groups excluding tert-OH is 2. The Bertz CT molecular complexity index is 1320. The van der Waals surface area contributed by atoms with E-state index in [1.165, 1.54) is 12.1 Å². The lowest BCUT2D eigenvalue weighted by atomic mass is 9.66. The van der Waals surface area contributed by atoms with Crippen LogP contribution in [0.3, 0.4) is 0 Å². The number of aliphatic hydroxyl groups is 2. The monoisotopic (exact) mass is 560 g/mol. The molecule has 0 aromatic heterocycles. The van der Waals surface area contributed by atoms with Gasteiger partial charge in [0.2, 0.25) is 6.79 Å². The Morgan fingerprint density at radius 3 is 2.30 bits per heavy atom. The molecule has 3 fully saturated rings. The summed E-state index contributed by atoms with van der Waals surface area (Å²) in [4.78, 5) is 13.2. The highest BCUT2D eigenvalue weighted by molar-refractivity contribution is 5.79. The molecule has 10 atom stereocenters. The molecule has 0 spiro atoms. The summed E-state index contributed by atoms with van der Waals surface area (Å²) in [5.41, 5.74) is 1.51. The van der Waals surface area contributed by atoms with Crippen molar-refractivity contribution >= 4 is 5.97 Å². The second-order valence-electron chi connectivity index (χ2n) is 10.6. The van der Waals surface area contributed by atoms with Crippen LogP contribution >= 0.6 is 0 Å². The van der Waals surface area contributed by atoms with E-state index in [4.69, 9.17) is 33.2 Å². The Kier molecular flexibility index (Phi) is 6.00. The van der Waals surface area contributed by atoms with E-state index in [1.807, 2.05) is 0 Å². The SMILES string of the molecule is C[C@@H]1OC[C@H]2O[C@@H](O[C@@H]3c4cc5c(cc4[C@@H](c4cc(O)c(O)c(O)c4)[C@H]4C(=O)OC[C@@H]43)OCO5)[C@H](O)[C@@H](O)[C@@H]2O1. The minimum atomic E-state index is -1.47. The number of rotatable bonds is 3. The van der Waals surface area contributed by atoms with E-state index in [9.17, 15) is 30.3 Å². The van der Waals surface area contributed by atoms with Crippen LogP contribution in [0, 0.1) is 11.8 Å². The van der Waals surface area contributed by atoms with Gasteiger partial charge in [0.25, 0.3) is 0 Å². The van der Waals surface area contributed by atoms with Gasteiger partial charge in [0.05, 0.1) is 25.2 Å². The van der Waals surface area contributed by atoms with E-state index in [-0.39, 0.29) is 20.0 Å². The highest BCUT2D eigenvalue weighted by Gasteiger charge is 2.56. The van der Waals surface area contributed by atoms with Crippen LogP contribution in [-0.2, 0) is 28.5 Å². The molecule has 7 rings (SSSR count). The fourth-order valence-corrected chi connectivity index (χ4v) is 6.45. The largest absolute Gasteiger partial charge is 0.504 e. The molecule has 4 heterocycles. The number of fused-ring (bicyclic) bond motifs is 4. The van der Waals surface area contributed by atoms with Crippen LogP contribution in [0.1, 0.15) is 35.6 Å². The van der Waals surface area contributed by atoms with Gasteiger partial charge >= 0.3 is 5.97 Å². The number of cyclic esters (lactones) is 1. The van der Waals surface area contributed by atoms with E-state index >= 15 is 0 Å². The fraction of sp³-hybridized carbons (Fsp3) is 0.519. The van der Waals surface area contributed by atoms with Crippen LogP contribution in [0.25, 0.3) is 0 Å². The van der Waals surface area contributed by atoms with Gasteiger partial charge in [-0.25, -0.2) is 0 Å². The molecular weight excluding hydrogens is 532 g/mol. The van der Waals surface area contributed by atoms with Crippen molar-refractivity contribution in [2.45, 2.75) is 55.9 Å². The standard InChI is InChI=1S/C27H28O13/c1-9-34-7-18-25(38-9)22(31)23(32)27(39-18)40-24-12-5-17-16(36-8-37-17)4-11(12)19(20-13(24)6-35-26(20)33)10-2-14(28)21(30)15(29)3-10/h2-5,9,13,18-20,22-25,27-32H,6-8H2,1H3/t9-,13+,18-,19-,20+,22-,23-,24-,25-,27+/m1/s1. The molecule has 0 amide bonds. The van der Waals surface area contributed by atoms with Crippen LogP contribution in [0.4, 0.5) is 0 Å². The van der Waals surface area contributed by atoms with Crippen LogP contribution in [0.15, 0.2) is 24.3 Å².